The molecule has 0 unspecified atom stereocenters. The fourth-order valence-electron chi connectivity index (χ4n) is 2.16. The number of anilines is 1. The standard InChI is InChI=1S/C15H13N3O/c16-14-7-3-5-12(17-14)10-18-13-6-2-1-4-11(13)8-9-15(18)19/h1-9H,10H2,(H2,16,17). The summed E-state index contributed by atoms with van der Waals surface area (Å²) in [5.74, 6) is 0.464. The third-order valence-corrected chi connectivity index (χ3v) is 3.05. The van der Waals surface area contributed by atoms with Gasteiger partial charge in [-0.05, 0) is 29.7 Å². The summed E-state index contributed by atoms with van der Waals surface area (Å²) in [5, 5.41) is 1.03. The van der Waals surface area contributed by atoms with E-state index in [0.29, 0.717) is 12.4 Å². The van der Waals surface area contributed by atoms with E-state index >= 15 is 0 Å². The van der Waals surface area contributed by atoms with Crippen LogP contribution < -0.4 is 11.3 Å². The van der Waals surface area contributed by atoms with E-state index in [1.165, 1.54) is 0 Å². The molecular weight excluding hydrogens is 238 g/mol. The third kappa shape index (κ3) is 2.20. The van der Waals surface area contributed by atoms with Crippen molar-refractivity contribution in [3.63, 3.8) is 0 Å². The third-order valence-electron chi connectivity index (χ3n) is 3.05. The Morgan fingerprint density at radius 1 is 1.00 bits per heavy atom. The zero-order valence-corrected chi connectivity index (χ0v) is 10.3. The van der Waals surface area contributed by atoms with Gasteiger partial charge in [-0.3, -0.25) is 4.79 Å². The van der Waals surface area contributed by atoms with Crippen LogP contribution in [0.25, 0.3) is 10.9 Å². The molecule has 0 fully saturated rings. The Labute approximate surface area is 110 Å². The van der Waals surface area contributed by atoms with Crippen molar-refractivity contribution in [1.82, 2.24) is 9.55 Å². The van der Waals surface area contributed by atoms with E-state index in [1.54, 1.807) is 16.7 Å². The molecule has 19 heavy (non-hydrogen) atoms. The summed E-state index contributed by atoms with van der Waals surface area (Å²) in [5.41, 5.74) is 7.30. The number of benzene rings is 1. The van der Waals surface area contributed by atoms with Crippen molar-refractivity contribution >= 4 is 16.7 Å². The number of nitrogen functional groups attached to an aromatic ring is 1. The minimum atomic E-state index is -0.0390. The molecule has 0 spiro atoms. The van der Waals surface area contributed by atoms with Crippen molar-refractivity contribution in [3.8, 4) is 0 Å². The lowest BCUT2D eigenvalue weighted by atomic mass is 10.2. The molecule has 4 heteroatoms. The number of para-hydroxylation sites is 1. The van der Waals surface area contributed by atoms with Gasteiger partial charge in [0, 0.05) is 6.07 Å². The van der Waals surface area contributed by atoms with E-state index in [-0.39, 0.29) is 5.56 Å². The van der Waals surface area contributed by atoms with Gasteiger partial charge in [0.25, 0.3) is 5.56 Å². The molecule has 3 rings (SSSR count). The molecule has 0 bridgehead atoms. The molecular formula is C15H13N3O. The predicted octanol–water partition coefficient (Wildman–Crippen LogP) is 2.03. The summed E-state index contributed by atoms with van der Waals surface area (Å²) in [7, 11) is 0. The molecule has 2 N–H and O–H groups in total. The quantitative estimate of drug-likeness (QED) is 0.758. The van der Waals surface area contributed by atoms with E-state index in [1.807, 2.05) is 42.5 Å². The van der Waals surface area contributed by atoms with E-state index in [0.717, 1.165) is 16.6 Å². The van der Waals surface area contributed by atoms with Crippen LogP contribution in [0.4, 0.5) is 5.82 Å². The zero-order chi connectivity index (χ0) is 13.2. The Bertz CT molecular complexity index is 792. The van der Waals surface area contributed by atoms with Gasteiger partial charge in [0.2, 0.25) is 0 Å². The smallest absolute Gasteiger partial charge is 0.251 e. The number of hydrogen-bond acceptors (Lipinski definition) is 3. The average Bonchev–Trinajstić information content (AvgIpc) is 2.42. The molecule has 1 aromatic carbocycles. The van der Waals surface area contributed by atoms with Crippen molar-refractivity contribution in [2.24, 2.45) is 0 Å². The highest BCUT2D eigenvalue weighted by Gasteiger charge is 2.04. The molecule has 94 valence electrons. The lowest BCUT2D eigenvalue weighted by molar-refractivity contribution is 0.772. The van der Waals surface area contributed by atoms with Gasteiger partial charge in [0.15, 0.2) is 0 Å². The van der Waals surface area contributed by atoms with Crippen molar-refractivity contribution in [3.05, 3.63) is 70.6 Å². The molecule has 2 heterocycles. The van der Waals surface area contributed by atoms with E-state index in [4.69, 9.17) is 5.73 Å². The summed E-state index contributed by atoms with van der Waals surface area (Å²) in [6.07, 6.45) is 0. The Balaban J connectivity index is 2.14. The van der Waals surface area contributed by atoms with Crippen LogP contribution in [0.1, 0.15) is 5.69 Å². The first kappa shape index (κ1) is 11.5. The Morgan fingerprint density at radius 2 is 1.84 bits per heavy atom. The minimum Gasteiger partial charge on any atom is -0.384 e. The second kappa shape index (κ2) is 4.57. The van der Waals surface area contributed by atoms with Crippen LogP contribution in [0.3, 0.4) is 0 Å². The summed E-state index contributed by atoms with van der Waals surface area (Å²) in [6.45, 7) is 0.422. The van der Waals surface area contributed by atoms with Crippen molar-refractivity contribution in [2.75, 3.05) is 5.73 Å². The fraction of sp³-hybridized carbons (Fsp3) is 0.0667. The van der Waals surface area contributed by atoms with Gasteiger partial charge in [0.1, 0.15) is 5.82 Å². The summed E-state index contributed by atoms with van der Waals surface area (Å²) >= 11 is 0. The maximum Gasteiger partial charge on any atom is 0.251 e. The van der Waals surface area contributed by atoms with E-state index < -0.39 is 0 Å². The van der Waals surface area contributed by atoms with Gasteiger partial charge in [-0.1, -0.05) is 24.3 Å². The largest absolute Gasteiger partial charge is 0.384 e. The number of hydrogen-bond donors (Lipinski definition) is 1. The molecule has 0 aliphatic rings. The summed E-state index contributed by atoms with van der Waals surface area (Å²) < 4.78 is 1.71. The summed E-state index contributed by atoms with van der Waals surface area (Å²) in [4.78, 5) is 16.3. The molecule has 2 aromatic heterocycles. The SMILES string of the molecule is Nc1cccc(Cn2c(=O)ccc3ccccc32)n1. The fourth-order valence-corrected chi connectivity index (χ4v) is 2.16. The molecule has 3 aromatic rings. The first-order chi connectivity index (χ1) is 9.24. The molecule has 0 saturated heterocycles. The Hall–Kier alpha value is -2.62. The minimum absolute atomic E-state index is 0.0390. The molecule has 0 radical (unpaired) electrons. The van der Waals surface area contributed by atoms with Crippen LogP contribution in [-0.4, -0.2) is 9.55 Å². The van der Waals surface area contributed by atoms with E-state index in [9.17, 15) is 4.79 Å². The highest BCUT2D eigenvalue weighted by atomic mass is 16.1. The highest BCUT2D eigenvalue weighted by Crippen LogP contribution is 2.12. The van der Waals surface area contributed by atoms with Crippen LogP contribution >= 0.6 is 0 Å². The lowest BCUT2D eigenvalue weighted by Crippen LogP contribution is -2.20. The van der Waals surface area contributed by atoms with Gasteiger partial charge in [-0.25, -0.2) is 4.98 Å². The monoisotopic (exact) mass is 251 g/mol. The van der Waals surface area contributed by atoms with Gasteiger partial charge in [0.05, 0.1) is 17.8 Å². The Morgan fingerprint density at radius 3 is 2.68 bits per heavy atom. The second-order valence-electron chi connectivity index (χ2n) is 4.37. The van der Waals surface area contributed by atoms with Crippen LogP contribution in [0.15, 0.2) is 59.4 Å². The van der Waals surface area contributed by atoms with Crippen LogP contribution in [0, 0.1) is 0 Å². The number of nitrogens with two attached hydrogens (primary N) is 1. The van der Waals surface area contributed by atoms with Crippen molar-refractivity contribution < 1.29 is 0 Å². The topological polar surface area (TPSA) is 60.9 Å². The summed E-state index contributed by atoms with van der Waals surface area (Å²) in [6, 6.07) is 16.6. The molecule has 0 atom stereocenters. The van der Waals surface area contributed by atoms with Crippen molar-refractivity contribution in [1.29, 1.82) is 0 Å². The number of nitrogens with zero attached hydrogens (tertiary/aromatic N) is 2. The number of rotatable bonds is 2. The van der Waals surface area contributed by atoms with Gasteiger partial charge >= 0.3 is 0 Å². The zero-order valence-electron chi connectivity index (χ0n) is 10.3. The van der Waals surface area contributed by atoms with Gasteiger partial charge in [-0.2, -0.15) is 0 Å². The number of fused-ring (bicyclic) bond motifs is 1. The first-order valence-electron chi connectivity index (χ1n) is 6.04. The normalized spacial score (nSPS) is 10.7. The maximum absolute atomic E-state index is 12.0. The van der Waals surface area contributed by atoms with Gasteiger partial charge < -0.3 is 10.3 Å². The predicted molar refractivity (Wildman–Crippen MR) is 76.0 cm³/mol. The number of aromatic nitrogens is 2. The van der Waals surface area contributed by atoms with E-state index in [2.05, 4.69) is 4.98 Å². The maximum atomic E-state index is 12.0. The molecule has 0 aliphatic heterocycles. The second-order valence-corrected chi connectivity index (χ2v) is 4.37. The lowest BCUT2D eigenvalue weighted by Gasteiger charge is -2.09. The molecule has 0 saturated carbocycles. The Kier molecular flexibility index (Phi) is 2.76. The van der Waals surface area contributed by atoms with Gasteiger partial charge in [-0.15, -0.1) is 0 Å². The van der Waals surface area contributed by atoms with Crippen LogP contribution in [0.2, 0.25) is 0 Å². The molecule has 0 aliphatic carbocycles. The van der Waals surface area contributed by atoms with Crippen LogP contribution in [0.5, 0.6) is 0 Å². The molecule has 0 amide bonds. The highest BCUT2D eigenvalue weighted by molar-refractivity contribution is 5.78. The molecule has 4 nitrogen and oxygen atoms in total. The van der Waals surface area contributed by atoms with Crippen molar-refractivity contribution in [2.45, 2.75) is 6.54 Å². The first-order valence-corrected chi connectivity index (χ1v) is 6.04. The van der Waals surface area contributed by atoms with Crippen LogP contribution in [-0.2, 0) is 6.54 Å². The number of pyridine rings is 2. The average molecular weight is 251 g/mol.